The van der Waals surface area contributed by atoms with E-state index in [-0.39, 0.29) is 22.4 Å². The van der Waals surface area contributed by atoms with Crippen molar-refractivity contribution < 1.29 is 35.6 Å². The average molecular weight is 398 g/mol. The molecule has 21 heavy (non-hydrogen) atoms. The van der Waals surface area contributed by atoms with Gasteiger partial charge in [0.25, 0.3) is 5.91 Å². The highest BCUT2D eigenvalue weighted by atomic mass is 79.9. The van der Waals surface area contributed by atoms with Gasteiger partial charge in [0.1, 0.15) is 0 Å². The fraction of sp³-hybridized carbons (Fsp3) is 0.800. The number of sulfone groups is 1. The van der Waals surface area contributed by atoms with Gasteiger partial charge < -0.3 is 4.90 Å². The van der Waals surface area contributed by atoms with Gasteiger partial charge in [0, 0.05) is 6.04 Å². The van der Waals surface area contributed by atoms with Crippen LogP contribution in [0.5, 0.6) is 0 Å². The molecular formula is C10H12BrF4NO4S. The van der Waals surface area contributed by atoms with Gasteiger partial charge in [0.15, 0.2) is 15.6 Å². The van der Waals surface area contributed by atoms with Gasteiger partial charge >= 0.3 is 12.3 Å². The van der Waals surface area contributed by atoms with Crippen LogP contribution in [0.25, 0.3) is 0 Å². The summed E-state index contributed by atoms with van der Waals surface area (Å²) in [6.45, 7) is -0.841. The molecule has 1 aliphatic heterocycles. The quantitative estimate of drug-likeness (QED) is 0.492. The van der Waals surface area contributed by atoms with E-state index in [0.29, 0.717) is 0 Å². The van der Waals surface area contributed by atoms with Gasteiger partial charge in [-0.3, -0.25) is 9.59 Å². The predicted octanol–water partition coefficient (Wildman–Crippen LogP) is 0.867. The van der Waals surface area contributed by atoms with E-state index >= 15 is 0 Å². The highest BCUT2D eigenvalue weighted by Crippen LogP contribution is 2.28. The van der Waals surface area contributed by atoms with E-state index in [1.165, 1.54) is 0 Å². The van der Waals surface area contributed by atoms with Gasteiger partial charge in [-0.15, -0.1) is 0 Å². The van der Waals surface area contributed by atoms with Gasteiger partial charge in [-0.25, -0.2) is 17.2 Å². The van der Waals surface area contributed by atoms with E-state index in [1.807, 2.05) is 0 Å². The number of carbonyl (C=O) groups excluding carboxylic acids is 2. The molecule has 1 aliphatic rings. The van der Waals surface area contributed by atoms with Gasteiger partial charge in [0.2, 0.25) is 0 Å². The molecule has 0 radical (unpaired) electrons. The number of carbonyl (C=O) groups is 2. The smallest absolute Gasteiger partial charge is 0.326 e. The van der Waals surface area contributed by atoms with E-state index in [0.717, 1.165) is 0 Å². The Bertz CT molecular complexity index is 525. The lowest BCUT2D eigenvalue weighted by Crippen LogP contribution is -2.53. The minimum absolute atomic E-state index is 0.164. The van der Waals surface area contributed by atoms with Crippen LogP contribution in [0.2, 0.25) is 0 Å². The summed E-state index contributed by atoms with van der Waals surface area (Å²) >= 11 is 2.76. The number of hydrogen-bond acceptors (Lipinski definition) is 4. The van der Waals surface area contributed by atoms with Crippen molar-refractivity contribution in [1.29, 1.82) is 0 Å². The third-order valence-electron chi connectivity index (χ3n) is 2.96. The summed E-state index contributed by atoms with van der Waals surface area (Å²) in [5, 5.41) is -0.267. The number of rotatable bonds is 6. The number of nitrogens with zero attached hydrogens (tertiary/aromatic N) is 1. The molecule has 5 nitrogen and oxygen atoms in total. The number of ketones is 1. The lowest BCUT2D eigenvalue weighted by molar-refractivity contribution is -0.182. The Labute approximate surface area is 126 Å². The molecule has 1 heterocycles. The maximum absolute atomic E-state index is 13.2. The Kier molecular flexibility index (Phi) is 5.76. The normalized spacial score (nSPS) is 21.5. The fourth-order valence-corrected chi connectivity index (χ4v) is 3.81. The van der Waals surface area contributed by atoms with Crippen LogP contribution in [0.15, 0.2) is 0 Å². The molecular weight excluding hydrogens is 386 g/mol. The summed E-state index contributed by atoms with van der Waals surface area (Å²) < 4.78 is 73.6. The Morgan fingerprint density at radius 2 is 1.90 bits per heavy atom. The van der Waals surface area contributed by atoms with Crippen LogP contribution in [0.1, 0.15) is 6.42 Å². The minimum Gasteiger partial charge on any atom is -0.326 e. The molecule has 0 N–H and O–H groups in total. The molecule has 0 bridgehead atoms. The zero-order valence-electron chi connectivity index (χ0n) is 10.6. The Balaban J connectivity index is 3.03. The van der Waals surface area contributed by atoms with E-state index in [2.05, 4.69) is 15.9 Å². The second-order valence-corrected chi connectivity index (χ2v) is 7.38. The topological polar surface area (TPSA) is 71.5 Å². The van der Waals surface area contributed by atoms with E-state index in [4.69, 9.17) is 0 Å². The summed E-state index contributed by atoms with van der Waals surface area (Å²) in [5.74, 6) is -8.84. The average Bonchev–Trinajstić information content (AvgIpc) is 2.74. The van der Waals surface area contributed by atoms with Gasteiger partial charge in [-0.1, -0.05) is 15.9 Å². The van der Waals surface area contributed by atoms with Crippen LogP contribution in [0.3, 0.4) is 0 Å². The molecule has 0 saturated carbocycles. The summed E-state index contributed by atoms with van der Waals surface area (Å²) in [6, 6.07) is -1.20. The second-order valence-electron chi connectivity index (χ2n) is 4.59. The van der Waals surface area contributed by atoms with Crippen molar-refractivity contribution >= 4 is 37.5 Å². The number of amides is 1. The lowest BCUT2D eigenvalue weighted by atomic mass is 10.1. The van der Waals surface area contributed by atoms with Crippen molar-refractivity contribution in [2.24, 2.45) is 0 Å². The lowest BCUT2D eigenvalue weighted by Gasteiger charge is -2.30. The SMILES string of the molecule is O=C(CBr)CN(C(=O)C(F)(F)C(F)F)C1CCS(=O)(=O)C1. The highest BCUT2D eigenvalue weighted by molar-refractivity contribution is 9.09. The molecule has 0 spiro atoms. The summed E-state index contributed by atoms with van der Waals surface area (Å²) in [5.41, 5.74) is 0. The molecule has 1 atom stereocenters. The fourth-order valence-electron chi connectivity index (χ4n) is 1.90. The Hall–Kier alpha value is -0.710. The molecule has 0 aromatic carbocycles. The molecule has 0 aromatic rings. The van der Waals surface area contributed by atoms with E-state index in [9.17, 15) is 35.6 Å². The van der Waals surface area contributed by atoms with Gasteiger partial charge in [-0.2, -0.15) is 8.78 Å². The maximum Gasteiger partial charge on any atom is 0.383 e. The van der Waals surface area contributed by atoms with Crippen LogP contribution in [0, 0.1) is 0 Å². The van der Waals surface area contributed by atoms with Gasteiger partial charge in [0.05, 0.1) is 23.4 Å². The largest absolute Gasteiger partial charge is 0.383 e. The summed E-state index contributed by atoms with van der Waals surface area (Å²) in [4.78, 5) is 23.2. The predicted molar refractivity (Wildman–Crippen MR) is 68.5 cm³/mol. The molecule has 1 saturated heterocycles. The summed E-state index contributed by atoms with van der Waals surface area (Å²) in [7, 11) is -3.53. The van der Waals surface area contributed by atoms with Crippen LogP contribution in [-0.4, -0.2) is 66.8 Å². The minimum atomic E-state index is -4.96. The van der Waals surface area contributed by atoms with Crippen LogP contribution >= 0.6 is 15.9 Å². The number of halogens is 5. The van der Waals surface area contributed by atoms with Crippen LogP contribution in [-0.2, 0) is 19.4 Å². The molecule has 11 heteroatoms. The Morgan fingerprint density at radius 3 is 2.29 bits per heavy atom. The zero-order chi connectivity index (χ0) is 16.4. The van der Waals surface area contributed by atoms with Gasteiger partial charge in [-0.05, 0) is 6.42 Å². The zero-order valence-corrected chi connectivity index (χ0v) is 13.0. The van der Waals surface area contributed by atoms with Crippen LogP contribution in [0.4, 0.5) is 17.6 Å². The molecule has 0 aromatic heterocycles. The number of hydrogen-bond donors (Lipinski definition) is 0. The number of alkyl halides is 5. The van der Waals surface area contributed by atoms with Crippen molar-refractivity contribution in [3.05, 3.63) is 0 Å². The second kappa shape index (κ2) is 6.59. The van der Waals surface area contributed by atoms with Crippen molar-refractivity contribution in [1.82, 2.24) is 4.90 Å². The first-order valence-electron chi connectivity index (χ1n) is 5.76. The number of Topliss-reactive ketones (excluding diaryl/α,β-unsaturated/α-hetero) is 1. The first-order valence-corrected chi connectivity index (χ1v) is 8.70. The molecule has 1 unspecified atom stereocenters. The van der Waals surface area contributed by atoms with Crippen LogP contribution < -0.4 is 0 Å². The first kappa shape index (κ1) is 18.3. The highest BCUT2D eigenvalue weighted by Gasteiger charge is 2.53. The molecule has 0 aliphatic carbocycles. The molecule has 1 amide bonds. The third kappa shape index (κ3) is 4.38. The van der Waals surface area contributed by atoms with E-state index in [1.54, 1.807) is 0 Å². The molecule has 1 fully saturated rings. The summed E-state index contributed by atoms with van der Waals surface area (Å²) in [6.07, 6.45) is -4.40. The van der Waals surface area contributed by atoms with E-state index < -0.39 is 52.2 Å². The monoisotopic (exact) mass is 397 g/mol. The molecule has 1 rings (SSSR count). The third-order valence-corrected chi connectivity index (χ3v) is 5.34. The first-order chi connectivity index (χ1) is 9.51. The van der Waals surface area contributed by atoms with Crippen molar-refractivity contribution in [2.75, 3.05) is 23.4 Å². The molecule has 122 valence electrons. The Morgan fingerprint density at radius 1 is 1.33 bits per heavy atom. The van der Waals surface area contributed by atoms with Crippen molar-refractivity contribution in [3.63, 3.8) is 0 Å². The van der Waals surface area contributed by atoms with Crippen molar-refractivity contribution in [2.45, 2.75) is 24.8 Å². The maximum atomic E-state index is 13.2. The standard InChI is InChI=1S/C10H12BrF4NO4S/c11-3-7(17)4-16(6-1-2-21(19,20)5-6)9(18)10(14,15)8(12)13/h6,8H,1-5H2. The van der Waals surface area contributed by atoms with Crippen molar-refractivity contribution in [3.8, 4) is 0 Å².